The van der Waals surface area contributed by atoms with Gasteiger partial charge >= 0.3 is 0 Å². The molecule has 1 saturated carbocycles. The lowest BCUT2D eigenvalue weighted by Crippen LogP contribution is -2.27. The van der Waals surface area contributed by atoms with Crippen LogP contribution in [0.25, 0.3) is 11.1 Å². The summed E-state index contributed by atoms with van der Waals surface area (Å²) in [5.74, 6) is 0.825. The first kappa shape index (κ1) is 14.7. The van der Waals surface area contributed by atoms with Crippen LogP contribution in [0.15, 0.2) is 36.4 Å². The Labute approximate surface area is 135 Å². The van der Waals surface area contributed by atoms with E-state index in [-0.39, 0.29) is 5.82 Å². The number of hydrogen-bond acceptors (Lipinski definition) is 1. The molecule has 0 spiro atoms. The fourth-order valence-corrected chi connectivity index (χ4v) is 3.81. The Balaban J connectivity index is 1.56. The smallest absolute Gasteiger partial charge is 0.131 e. The van der Waals surface area contributed by atoms with Crippen LogP contribution < -0.4 is 5.32 Å². The summed E-state index contributed by atoms with van der Waals surface area (Å²) < 4.78 is 27.4. The first-order valence-corrected chi connectivity index (χ1v) is 8.51. The van der Waals surface area contributed by atoms with E-state index >= 15 is 0 Å². The molecule has 1 aliphatic carbocycles. The largest absolute Gasteiger partial charge is 0.385 e. The van der Waals surface area contributed by atoms with Gasteiger partial charge < -0.3 is 5.32 Å². The molecule has 0 radical (unpaired) electrons. The standard InChI is InChI=1S/C20H21F2N/c21-17-6-7-19(22)18(11-17)15-4-5-16-9-14(8-13-2-1-3-13)12-23-20(16)10-15/h4-7,10-11,13-14,23H,1-3,8-9,12H2. The van der Waals surface area contributed by atoms with Crippen LogP contribution in [-0.2, 0) is 6.42 Å². The highest BCUT2D eigenvalue weighted by molar-refractivity contribution is 5.71. The molecule has 1 atom stereocenters. The summed E-state index contributed by atoms with van der Waals surface area (Å²) in [4.78, 5) is 0. The molecule has 1 fully saturated rings. The normalized spacial score (nSPS) is 20.5. The van der Waals surface area contributed by atoms with Gasteiger partial charge in [0, 0.05) is 17.8 Å². The molecule has 1 nitrogen and oxygen atoms in total. The summed E-state index contributed by atoms with van der Waals surface area (Å²) in [6.45, 7) is 0.985. The van der Waals surface area contributed by atoms with Crippen molar-refractivity contribution in [3.63, 3.8) is 0 Å². The summed E-state index contributed by atoms with van der Waals surface area (Å²) in [5, 5.41) is 3.49. The van der Waals surface area contributed by atoms with Gasteiger partial charge in [0.25, 0.3) is 0 Å². The topological polar surface area (TPSA) is 12.0 Å². The summed E-state index contributed by atoms with van der Waals surface area (Å²) in [7, 11) is 0. The Morgan fingerprint density at radius 1 is 1.00 bits per heavy atom. The third-order valence-corrected chi connectivity index (χ3v) is 5.33. The van der Waals surface area contributed by atoms with Crippen LogP contribution in [0, 0.1) is 23.5 Å². The highest BCUT2D eigenvalue weighted by Crippen LogP contribution is 2.37. The first-order chi connectivity index (χ1) is 11.2. The fraction of sp³-hybridized carbons (Fsp3) is 0.400. The molecule has 1 unspecified atom stereocenters. The molecule has 1 heterocycles. The van der Waals surface area contributed by atoms with Gasteiger partial charge in [0.15, 0.2) is 0 Å². The third kappa shape index (κ3) is 2.97. The van der Waals surface area contributed by atoms with Crippen LogP contribution in [-0.4, -0.2) is 6.54 Å². The molecular weight excluding hydrogens is 292 g/mol. The van der Waals surface area contributed by atoms with Crippen LogP contribution >= 0.6 is 0 Å². The minimum atomic E-state index is -0.410. The maximum Gasteiger partial charge on any atom is 0.131 e. The fourth-order valence-electron chi connectivity index (χ4n) is 3.81. The zero-order chi connectivity index (χ0) is 15.8. The number of hydrogen-bond donors (Lipinski definition) is 1. The number of fused-ring (bicyclic) bond motifs is 1. The first-order valence-electron chi connectivity index (χ1n) is 8.51. The van der Waals surface area contributed by atoms with Crippen molar-refractivity contribution in [3.05, 3.63) is 53.6 Å². The van der Waals surface area contributed by atoms with E-state index in [2.05, 4.69) is 11.4 Å². The van der Waals surface area contributed by atoms with Gasteiger partial charge in [-0.1, -0.05) is 31.4 Å². The zero-order valence-electron chi connectivity index (χ0n) is 13.1. The molecule has 4 rings (SSSR count). The van der Waals surface area contributed by atoms with E-state index < -0.39 is 5.82 Å². The molecule has 0 amide bonds. The van der Waals surface area contributed by atoms with Crippen molar-refractivity contribution >= 4 is 5.69 Å². The second-order valence-corrected chi connectivity index (χ2v) is 6.98. The van der Waals surface area contributed by atoms with Gasteiger partial charge in [-0.2, -0.15) is 0 Å². The van der Waals surface area contributed by atoms with Crippen LogP contribution in [0.5, 0.6) is 0 Å². The SMILES string of the molecule is Fc1ccc(F)c(-c2ccc3c(c2)NCC(CC2CCC2)C3)c1. The van der Waals surface area contributed by atoms with E-state index in [1.807, 2.05) is 12.1 Å². The highest BCUT2D eigenvalue weighted by Gasteiger charge is 2.25. The van der Waals surface area contributed by atoms with Crippen molar-refractivity contribution in [2.24, 2.45) is 11.8 Å². The average Bonchev–Trinajstić information content (AvgIpc) is 2.53. The molecule has 0 saturated heterocycles. The minimum absolute atomic E-state index is 0.325. The van der Waals surface area contributed by atoms with E-state index in [1.54, 1.807) is 0 Å². The Morgan fingerprint density at radius 3 is 2.65 bits per heavy atom. The lowest BCUT2D eigenvalue weighted by Gasteiger charge is -2.33. The molecular formula is C20H21F2N. The van der Waals surface area contributed by atoms with Gasteiger partial charge in [0.2, 0.25) is 0 Å². The predicted octanol–water partition coefficient (Wildman–Crippen LogP) is 5.41. The summed E-state index contributed by atoms with van der Waals surface area (Å²) >= 11 is 0. The molecule has 2 aromatic carbocycles. The zero-order valence-corrected chi connectivity index (χ0v) is 13.1. The van der Waals surface area contributed by atoms with Crippen molar-refractivity contribution in [1.82, 2.24) is 0 Å². The van der Waals surface area contributed by atoms with E-state index in [4.69, 9.17) is 0 Å². The van der Waals surface area contributed by atoms with Crippen molar-refractivity contribution in [2.75, 3.05) is 11.9 Å². The van der Waals surface area contributed by atoms with Crippen LogP contribution in [0.1, 0.15) is 31.2 Å². The van der Waals surface area contributed by atoms with E-state index in [1.165, 1.54) is 43.4 Å². The molecule has 3 heteroatoms. The number of nitrogens with one attached hydrogen (secondary N) is 1. The van der Waals surface area contributed by atoms with Crippen LogP contribution in [0.4, 0.5) is 14.5 Å². The average molecular weight is 313 g/mol. The number of benzene rings is 2. The minimum Gasteiger partial charge on any atom is -0.385 e. The Morgan fingerprint density at radius 2 is 1.87 bits per heavy atom. The highest BCUT2D eigenvalue weighted by atomic mass is 19.1. The van der Waals surface area contributed by atoms with Gasteiger partial charge in [-0.25, -0.2) is 8.78 Å². The molecule has 1 N–H and O–H groups in total. The van der Waals surface area contributed by atoms with Gasteiger partial charge in [0.1, 0.15) is 11.6 Å². The lowest BCUT2D eigenvalue weighted by molar-refractivity contribution is 0.251. The third-order valence-electron chi connectivity index (χ3n) is 5.33. The molecule has 2 aliphatic rings. The van der Waals surface area contributed by atoms with Crippen molar-refractivity contribution in [2.45, 2.75) is 32.1 Å². The lowest BCUT2D eigenvalue weighted by atomic mass is 9.76. The van der Waals surface area contributed by atoms with Gasteiger partial charge in [-0.05, 0) is 60.1 Å². The second-order valence-electron chi connectivity index (χ2n) is 6.98. The van der Waals surface area contributed by atoms with Gasteiger partial charge in [-0.15, -0.1) is 0 Å². The van der Waals surface area contributed by atoms with Gasteiger partial charge in [0.05, 0.1) is 0 Å². The van der Waals surface area contributed by atoms with Crippen molar-refractivity contribution in [1.29, 1.82) is 0 Å². The molecule has 2 aromatic rings. The summed E-state index contributed by atoms with van der Waals surface area (Å²) in [6.07, 6.45) is 6.57. The number of halogens is 2. The van der Waals surface area contributed by atoms with E-state index in [0.29, 0.717) is 11.5 Å². The quantitative estimate of drug-likeness (QED) is 0.799. The summed E-state index contributed by atoms with van der Waals surface area (Å²) in [5.41, 5.74) is 3.41. The Bertz CT molecular complexity index is 722. The van der Waals surface area contributed by atoms with Crippen LogP contribution in [0.2, 0.25) is 0 Å². The number of anilines is 1. The molecule has 0 bridgehead atoms. The number of rotatable bonds is 3. The maximum atomic E-state index is 14.0. The van der Waals surface area contributed by atoms with Crippen molar-refractivity contribution in [3.8, 4) is 11.1 Å². The maximum absolute atomic E-state index is 14.0. The van der Waals surface area contributed by atoms with E-state index in [0.717, 1.165) is 36.2 Å². The second kappa shape index (κ2) is 5.95. The predicted molar refractivity (Wildman–Crippen MR) is 89.4 cm³/mol. The molecule has 120 valence electrons. The summed E-state index contributed by atoms with van der Waals surface area (Å²) in [6, 6.07) is 9.53. The van der Waals surface area contributed by atoms with Crippen molar-refractivity contribution < 1.29 is 8.78 Å². The molecule has 1 aliphatic heterocycles. The molecule has 0 aromatic heterocycles. The monoisotopic (exact) mass is 313 g/mol. The molecule has 23 heavy (non-hydrogen) atoms. The van der Waals surface area contributed by atoms with Gasteiger partial charge in [-0.3, -0.25) is 0 Å². The van der Waals surface area contributed by atoms with Crippen LogP contribution in [0.3, 0.4) is 0 Å². The van der Waals surface area contributed by atoms with E-state index in [9.17, 15) is 8.78 Å². The Hall–Kier alpha value is -1.90. The Kier molecular flexibility index (Phi) is 3.80.